The van der Waals surface area contributed by atoms with Gasteiger partial charge in [-0.25, -0.2) is 0 Å². The molecule has 1 rings (SSSR count). The Bertz CT molecular complexity index is 368. The van der Waals surface area contributed by atoms with Gasteiger partial charge in [-0.05, 0) is 24.1 Å². The molecule has 0 atom stereocenters. The number of rotatable bonds is 7. The summed E-state index contributed by atoms with van der Waals surface area (Å²) in [4.78, 5) is 0. The first-order valence-corrected chi connectivity index (χ1v) is 5.80. The van der Waals surface area contributed by atoms with E-state index in [1.807, 2.05) is 6.92 Å². The van der Waals surface area contributed by atoms with Crippen molar-refractivity contribution in [2.45, 2.75) is 39.9 Å². The molecular formula is C13H15F4O2. The second-order valence-electron chi connectivity index (χ2n) is 3.98. The molecule has 0 N–H and O–H groups in total. The Hall–Kier alpha value is -1.46. The Balaban J connectivity index is 3.01. The first-order valence-electron chi connectivity index (χ1n) is 5.80. The van der Waals surface area contributed by atoms with E-state index in [1.165, 1.54) is 12.1 Å². The van der Waals surface area contributed by atoms with E-state index in [2.05, 4.69) is 9.47 Å². The Morgan fingerprint density at radius 3 is 1.84 bits per heavy atom. The average Bonchev–Trinajstić information content (AvgIpc) is 2.26. The minimum atomic E-state index is -3.01. The fraction of sp³-hybridized carbons (Fsp3) is 0.462. The van der Waals surface area contributed by atoms with Gasteiger partial charge in [0.05, 0.1) is 0 Å². The van der Waals surface area contributed by atoms with E-state index in [4.69, 9.17) is 0 Å². The lowest BCUT2D eigenvalue weighted by molar-refractivity contribution is -0.0543. The third-order valence-electron chi connectivity index (χ3n) is 2.45. The summed E-state index contributed by atoms with van der Waals surface area (Å²) in [6, 6.07) is 3.78. The van der Waals surface area contributed by atoms with E-state index in [9.17, 15) is 17.6 Å². The van der Waals surface area contributed by atoms with Crippen molar-refractivity contribution in [2.75, 3.05) is 0 Å². The fourth-order valence-corrected chi connectivity index (χ4v) is 1.68. The standard InChI is InChI=1S/C13H15F4O2/c1-3-4-8(2)9-5-10(18-12(14)15)7-11(6-9)19-13(16)17/h5-7,12-13H,3-4H2,1-2H3. The summed E-state index contributed by atoms with van der Waals surface area (Å²) in [7, 11) is 0. The van der Waals surface area contributed by atoms with Crippen LogP contribution in [0.1, 0.15) is 32.3 Å². The van der Waals surface area contributed by atoms with Gasteiger partial charge in [0.25, 0.3) is 0 Å². The van der Waals surface area contributed by atoms with Crippen LogP contribution in [-0.2, 0) is 0 Å². The van der Waals surface area contributed by atoms with Crippen LogP contribution in [0.15, 0.2) is 18.2 Å². The van der Waals surface area contributed by atoms with E-state index in [0.29, 0.717) is 5.56 Å². The van der Waals surface area contributed by atoms with E-state index in [1.54, 1.807) is 6.92 Å². The third kappa shape index (κ3) is 5.36. The molecule has 0 aromatic heterocycles. The van der Waals surface area contributed by atoms with Crippen LogP contribution in [-0.4, -0.2) is 13.2 Å². The van der Waals surface area contributed by atoms with Gasteiger partial charge >= 0.3 is 13.2 Å². The highest BCUT2D eigenvalue weighted by atomic mass is 19.3. The van der Waals surface area contributed by atoms with Crippen molar-refractivity contribution in [2.24, 2.45) is 0 Å². The Labute approximate surface area is 109 Å². The minimum Gasteiger partial charge on any atom is -0.435 e. The maximum atomic E-state index is 12.2. The summed E-state index contributed by atoms with van der Waals surface area (Å²) in [6.45, 7) is -2.27. The summed E-state index contributed by atoms with van der Waals surface area (Å²) in [5.41, 5.74) is 0.552. The van der Waals surface area contributed by atoms with E-state index in [-0.39, 0.29) is 11.5 Å². The molecule has 0 aliphatic rings. The second-order valence-corrected chi connectivity index (χ2v) is 3.98. The molecule has 0 saturated carbocycles. The second kappa shape index (κ2) is 7.21. The first-order chi connectivity index (χ1) is 8.92. The smallest absolute Gasteiger partial charge is 0.387 e. The largest absolute Gasteiger partial charge is 0.435 e. The number of hydrogen-bond acceptors (Lipinski definition) is 2. The average molecular weight is 279 g/mol. The summed E-state index contributed by atoms with van der Waals surface area (Å²) in [6.07, 6.45) is 1.59. The number of ether oxygens (including phenoxy) is 2. The zero-order chi connectivity index (χ0) is 14.4. The third-order valence-corrected chi connectivity index (χ3v) is 2.45. The van der Waals surface area contributed by atoms with Crippen LogP contribution >= 0.6 is 0 Å². The molecule has 0 saturated heterocycles. The van der Waals surface area contributed by atoms with Gasteiger partial charge in [0.2, 0.25) is 0 Å². The van der Waals surface area contributed by atoms with Gasteiger partial charge in [0, 0.05) is 12.0 Å². The van der Waals surface area contributed by atoms with Gasteiger partial charge in [0.15, 0.2) is 0 Å². The molecule has 1 aromatic rings. The molecule has 0 heterocycles. The van der Waals surface area contributed by atoms with Crippen LogP contribution < -0.4 is 9.47 Å². The van der Waals surface area contributed by atoms with Crippen molar-refractivity contribution >= 4 is 0 Å². The molecule has 0 spiro atoms. The van der Waals surface area contributed by atoms with E-state index < -0.39 is 13.2 Å². The number of alkyl halides is 4. The molecule has 2 nitrogen and oxygen atoms in total. The van der Waals surface area contributed by atoms with Crippen LogP contribution in [0.25, 0.3) is 0 Å². The molecule has 0 aliphatic heterocycles. The molecule has 107 valence electrons. The van der Waals surface area contributed by atoms with Crippen molar-refractivity contribution in [1.29, 1.82) is 0 Å². The van der Waals surface area contributed by atoms with Crippen molar-refractivity contribution in [3.05, 3.63) is 29.7 Å². The van der Waals surface area contributed by atoms with Crippen LogP contribution in [0.4, 0.5) is 17.6 Å². The number of hydrogen-bond donors (Lipinski definition) is 0. The Kier molecular flexibility index (Phi) is 5.92. The predicted octanol–water partition coefficient (Wildman–Crippen LogP) is 4.63. The molecule has 19 heavy (non-hydrogen) atoms. The van der Waals surface area contributed by atoms with Gasteiger partial charge in [0.1, 0.15) is 11.5 Å². The van der Waals surface area contributed by atoms with Crippen molar-refractivity contribution in [1.82, 2.24) is 0 Å². The summed E-state index contributed by atoms with van der Waals surface area (Å²) in [5, 5.41) is 0. The number of halogens is 4. The normalized spacial score (nSPS) is 11.4. The minimum absolute atomic E-state index is 0.196. The lowest BCUT2D eigenvalue weighted by Crippen LogP contribution is -2.06. The lowest BCUT2D eigenvalue weighted by Gasteiger charge is -2.15. The lowest BCUT2D eigenvalue weighted by atomic mass is 9.96. The monoisotopic (exact) mass is 279 g/mol. The van der Waals surface area contributed by atoms with Crippen LogP contribution in [0.2, 0.25) is 0 Å². The van der Waals surface area contributed by atoms with Gasteiger partial charge in [-0.3, -0.25) is 0 Å². The topological polar surface area (TPSA) is 18.5 Å². The van der Waals surface area contributed by atoms with Crippen molar-refractivity contribution < 1.29 is 27.0 Å². The van der Waals surface area contributed by atoms with E-state index in [0.717, 1.165) is 24.8 Å². The molecular weight excluding hydrogens is 264 g/mol. The highest BCUT2D eigenvalue weighted by Gasteiger charge is 2.14. The quantitative estimate of drug-likeness (QED) is 0.677. The SMILES string of the molecule is CCC[C](C)c1cc(OC(F)F)cc(OC(F)F)c1. The van der Waals surface area contributed by atoms with Crippen molar-refractivity contribution in [3.63, 3.8) is 0 Å². The molecule has 0 fully saturated rings. The van der Waals surface area contributed by atoms with Crippen LogP contribution in [0, 0.1) is 5.92 Å². The molecule has 0 bridgehead atoms. The Morgan fingerprint density at radius 2 is 1.47 bits per heavy atom. The van der Waals surface area contributed by atoms with Crippen molar-refractivity contribution in [3.8, 4) is 11.5 Å². The zero-order valence-electron chi connectivity index (χ0n) is 10.6. The highest BCUT2D eigenvalue weighted by molar-refractivity contribution is 5.44. The summed E-state index contributed by atoms with van der Waals surface area (Å²) >= 11 is 0. The van der Waals surface area contributed by atoms with Gasteiger partial charge in [-0.2, -0.15) is 17.6 Å². The van der Waals surface area contributed by atoms with Crippen LogP contribution in [0.5, 0.6) is 11.5 Å². The summed E-state index contributed by atoms with van der Waals surface area (Å²) in [5.74, 6) is 0.499. The fourth-order valence-electron chi connectivity index (χ4n) is 1.68. The molecule has 6 heteroatoms. The first kappa shape index (κ1) is 15.6. The van der Waals surface area contributed by atoms with E-state index >= 15 is 0 Å². The molecule has 0 unspecified atom stereocenters. The summed E-state index contributed by atoms with van der Waals surface area (Å²) < 4.78 is 57.2. The predicted molar refractivity (Wildman–Crippen MR) is 62.6 cm³/mol. The van der Waals surface area contributed by atoms with Gasteiger partial charge < -0.3 is 9.47 Å². The van der Waals surface area contributed by atoms with Gasteiger partial charge in [-0.15, -0.1) is 0 Å². The molecule has 1 aromatic carbocycles. The highest BCUT2D eigenvalue weighted by Crippen LogP contribution is 2.30. The van der Waals surface area contributed by atoms with Gasteiger partial charge in [-0.1, -0.05) is 20.3 Å². The maximum absolute atomic E-state index is 12.2. The molecule has 0 amide bonds. The zero-order valence-corrected chi connectivity index (χ0v) is 10.6. The number of benzene rings is 1. The molecule has 1 radical (unpaired) electrons. The maximum Gasteiger partial charge on any atom is 0.387 e. The Morgan fingerprint density at radius 1 is 1.00 bits per heavy atom. The molecule has 0 aliphatic carbocycles. The van der Waals surface area contributed by atoms with Crippen LogP contribution in [0.3, 0.4) is 0 Å².